The van der Waals surface area contributed by atoms with Gasteiger partial charge in [0.25, 0.3) is 0 Å². The van der Waals surface area contributed by atoms with Crippen molar-refractivity contribution in [2.45, 2.75) is 19.4 Å². The molecule has 2 N–H and O–H groups in total. The number of nitrogens with two attached hydrogens (primary N) is 1. The maximum Gasteiger partial charge on any atom is 0.242 e. The van der Waals surface area contributed by atoms with Gasteiger partial charge in [0.15, 0.2) is 0 Å². The maximum absolute atomic E-state index is 12.1. The highest BCUT2D eigenvalue weighted by atomic mass is 35.5. The fourth-order valence-corrected chi connectivity index (χ4v) is 2.44. The predicted octanol–water partition coefficient (Wildman–Crippen LogP) is 1.25. The van der Waals surface area contributed by atoms with Crippen LogP contribution in [-0.2, 0) is 16.1 Å². The lowest BCUT2D eigenvalue weighted by atomic mass is 10.2. The van der Waals surface area contributed by atoms with Crippen molar-refractivity contribution in [2.75, 3.05) is 26.2 Å². The van der Waals surface area contributed by atoms with Gasteiger partial charge in [-0.15, -0.1) is 0 Å². The molecule has 5 nitrogen and oxygen atoms in total. The number of carbonyl (C=O) groups excluding carboxylic acids is 2. The zero-order valence-electron chi connectivity index (χ0n) is 11.9. The van der Waals surface area contributed by atoms with E-state index in [0.29, 0.717) is 44.0 Å². The van der Waals surface area contributed by atoms with Crippen LogP contribution in [0.2, 0.25) is 5.02 Å². The Bertz CT molecular complexity index is 504. The number of hydrogen-bond acceptors (Lipinski definition) is 3. The third-order valence-corrected chi connectivity index (χ3v) is 3.80. The lowest BCUT2D eigenvalue weighted by molar-refractivity contribution is -0.145. The number of piperazine rings is 1. The minimum atomic E-state index is -0.0164. The van der Waals surface area contributed by atoms with Crippen molar-refractivity contribution in [1.29, 1.82) is 0 Å². The third-order valence-electron chi connectivity index (χ3n) is 3.55. The molecule has 2 amide bonds. The van der Waals surface area contributed by atoms with Gasteiger partial charge in [-0.05, 0) is 30.7 Å². The van der Waals surface area contributed by atoms with Gasteiger partial charge in [-0.25, -0.2) is 0 Å². The molecule has 1 aliphatic rings. The second-order valence-electron chi connectivity index (χ2n) is 5.15. The smallest absolute Gasteiger partial charge is 0.242 e. The molecular weight excluding hydrogens is 290 g/mol. The van der Waals surface area contributed by atoms with Gasteiger partial charge < -0.3 is 15.5 Å². The van der Waals surface area contributed by atoms with Crippen molar-refractivity contribution in [3.8, 4) is 0 Å². The van der Waals surface area contributed by atoms with E-state index < -0.39 is 0 Å². The predicted molar refractivity (Wildman–Crippen MR) is 81.7 cm³/mol. The summed E-state index contributed by atoms with van der Waals surface area (Å²) in [4.78, 5) is 27.4. The Morgan fingerprint density at radius 1 is 1.24 bits per heavy atom. The van der Waals surface area contributed by atoms with Crippen LogP contribution < -0.4 is 5.73 Å². The molecular formula is C15H20ClN3O2. The van der Waals surface area contributed by atoms with Gasteiger partial charge in [0.05, 0.1) is 6.54 Å². The Hall–Kier alpha value is -1.59. The first kappa shape index (κ1) is 15.8. The molecule has 0 aliphatic carbocycles. The number of carbonyl (C=O) groups is 2. The van der Waals surface area contributed by atoms with Gasteiger partial charge in [0, 0.05) is 31.1 Å². The summed E-state index contributed by atoms with van der Waals surface area (Å²) in [5.41, 5.74) is 6.43. The van der Waals surface area contributed by atoms with E-state index in [1.807, 2.05) is 24.3 Å². The molecule has 2 rings (SSSR count). The molecule has 1 heterocycles. The van der Waals surface area contributed by atoms with E-state index in [9.17, 15) is 9.59 Å². The van der Waals surface area contributed by atoms with E-state index in [1.54, 1.807) is 9.80 Å². The summed E-state index contributed by atoms with van der Waals surface area (Å²) in [5, 5.41) is 0.681. The van der Waals surface area contributed by atoms with Crippen LogP contribution >= 0.6 is 11.6 Å². The lowest BCUT2D eigenvalue weighted by Gasteiger charge is -2.34. The van der Waals surface area contributed by atoms with Crippen LogP contribution in [0.5, 0.6) is 0 Å². The second kappa shape index (κ2) is 7.43. The number of hydrogen-bond donors (Lipinski definition) is 1. The minimum absolute atomic E-state index is 0.0138. The van der Waals surface area contributed by atoms with E-state index in [-0.39, 0.29) is 18.4 Å². The monoisotopic (exact) mass is 309 g/mol. The van der Waals surface area contributed by atoms with E-state index in [2.05, 4.69) is 0 Å². The van der Waals surface area contributed by atoms with Gasteiger partial charge in [0.1, 0.15) is 0 Å². The molecule has 0 bridgehead atoms. The van der Waals surface area contributed by atoms with Gasteiger partial charge in [-0.1, -0.05) is 23.7 Å². The second-order valence-corrected chi connectivity index (χ2v) is 5.59. The number of nitrogens with zero attached hydrogens (tertiary/aromatic N) is 2. The Morgan fingerprint density at radius 3 is 2.57 bits per heavy atom. The van der Waals surface area contributed by atoms with Crippen LogP contribution in [0.3, 0.4) is 0 Å². The summed E-state index contributed by atoms with van der Waals surface area (Å²) in [6.45, 7) is 2.37. The zero-order valence-corrected chi connectivity index (χ0v) is 12.7. The van der Waals surface area contributed by atoms with E-state index in [1.165, 1.54) is 0 Å². The molecule has 1 aromatic rings. The summed E-state index contributed by atoms with van der Waals surface area (Å²) in [7, 11) is 0. The molecule has 0 aromatic heterocycles. The highest BCUT2D eigenvalue weighted by Gasteiger charge is 2.26. The molecule has 6 heteroatoms. The standard InChI is InChI=1S/C15H20ClN3O2/c16-13-5-3-12(4-6-13)10-18-8-9-19(11-15(18)21)14(20)2-1-7-17/h3-6H,1-2,7-11,17H2. The fourth-order valence-electron chi connectivity index (χ4n) is 2.31. The Morgan fingerprint density at radius 2 is 1.95 bits per heavy atom. The molecule has 0 atom stereocenters. The first-order valence-electron chi connectivity index (χ1n) is 7.10. The van der Waals surface area contributed by atoms with Crippen LogP contribution in [0.25, 0.3) is 0 Å². The topological polar surface area (TPSA) is 66.6 Å². The van der Waals surface area contributed by atoms with Gasteiger partial charge >= 0.3 is 0 Å². The molecule has 1 aromatic carbocycles. The average molecular weight is 310 g/mol. The molecule has 0 radical (unpaired) electrons. The van der Waals surface area contributed by atoms with Crippen LogP contribution in [0.15, 0.2) is 24.3 Å². The number of benzene rings is 1. The van der Waals surface area contributed by atoms with Crippen molar-refractivity contribution in [3.63, 3.8) is 0 Å². The first-order chi connectivity index (χ1) is 10.1. The molecule has 21 heavy (non-hydrogen) atoms. The van der Waals surface area contributed by atoms with Crippen molar-refractivity contribution in [1.82, 2.24) is 9.80 Å². The summed E-state index contributed by atoms with van der Waals surface area (Å²) in [6, 6.07) is 7.45. The van der Waals surface area contributed by atoms with Gasteiger partial charge in [-0.2, -0.15) is 0 Å². The maximum atomic E-state index is 12.1. The van der Waals surface area contributed by atoms with E-state index in [4.69, 9.17) is 17.3 Å². The summed E-state index contributed by atoms with van der Waals surface area (Å²) in [5.74, 6) is -0.00255. The van der Waals surface area contributed by atoms with Crippen molar-refractivity contribution in [3.05, 3.63) is 34.9 Å². The van der Waals surface area contributed by atoms with Gasteiger partial charge in [0.2, 0.25) is 11.8 Å². The van der Waals surface area contributed by atoms with Crippen LogP contribution in [0.1, 0.15) is 18.4 Å². The SMILES string of the molecule is NCCCC(=O)N1CCN(Cc2ccc(Cl)cc2)C(=O)C1. The molecule has 1 aliphatic heterocycles. The molecule has 1 fully saturated rings. The molecule has 0 saturated carbocycles. The molecule has 114 valence electrons. The fraction of sp³-hybridized carbons (Fsp3) is 0.467. The zero-order chi connectivity index (χ0) is 15.2. The van der Waals surface area contributed by atoms with E-state index >= 15 is 0 Å². The highest BCUT2D eigenvalue weighted by molar-refractivity contribution is 6.30. The average Bonchev–Trinajstić information content (AvgIpc) is 2.49. The largest absolute Gasteiger partial charge is 0.335 e. The quantitative estimate of drug-likeness (QED) is 0.890. The van der Waals surface area contributed by atoms with Crippen molar-refractivity contribution < 1.29 is 9.59 Å². The highest BCUT2D eigenvalue weighted by Crippen LogP contribution is 2.14. The molecule has 0 spiro atoms. The lowest BCUT2D eigenvalue weighted by Crippen LogP contribution is -2.51. The van der Waals surface area contributed by atoms with Gasteiger partial charge in [-0.3, -0.25) is 9.59 Å². The Kier molecular flexibility index (Phi) is 5.59. The number of amides is 2. The van der Waals surface area contributed by atoms with Crippen molar-refractivity contribution >= 4 is 23.4 Å². The Balaban J connectivity index is 1.87. The number of rotatable bonds is 5. The van der Waals surface area contributed by atoms with Crippen LogP contribution in [-0.4, -0.2) is 47.8 Å². The van der Waals surface area contributed by atoms with E-state index in [0.717, 1.165) is 5.56 Å². The van der Waals surface area contributed by atoms with Crippen LogP contribution in [0, 0.1) is 0 Å². The summed E-state index contributed by atoms with van der Waals surface area (Å²) in [6.07, 6.45) is 1.08. The minimum Gasteiger partial charge on any atom is -0.335 e. The third kappa shape index (κ3) is 4.44. The normalized spacial score (nSPS) is 15.4. The summed E-state index contributed by atoms with van der Waals surface area (Å²) < 4.78 is 0. The molecule has 1 saturated heterocycles. The van der Waals surface area contributed by atoms with Crippen LogP contribution in [0.4, 0.5) is 0 Å². The Labute approximate surface area is 129 Å². The molecule has 0 unspecified atom stereocenters. The summed E-state index contributed by atoms with van der Waals surface area (Å²) >= 11 is 5.85. The van der Waals surface area contributed by atoms with Crippen molar-refractivity contribution in [2.24, 2.45) is 5.73 Å². The number of halogens is 1. The first-order valence-corrected chi connectivity index (χ1v) is 7.48.